The third-order valence-electron chi connectivity index (χ3n) is 3.66. The van der Waals surface area contributed by atoms with Crippen molar-refractivity contribution in [1.82, 2.24) is 10.2 Å². The molecule has 1 N–H and O–H groups in total. The lowest BCUT2D eigenvalue weighted by molar-refractivity contribution is -0.122. The number of hydrogen-bond acceptors (Lipinski definition) is 4. The molecule has 104 valence electrons. The van der Waals surface area contributed by atoms with Gasteiger partial charge in [0.25, 0.3) is 0 Å². The standard InChI is InChI=1S/C12H22N2O3S/c15-12(9-14-6-3-1-2-4-7-14)13-11-5-8-18(16,17)10-11/h11H,1-10H2,(H,13,15)/t11-/m1/s1. The first-order valence-electron chi connectivity index (χ1n) is 6.77. The normalized spacial score (nSPS) is 28.8. The zero-order valence-electron chi connectivity index (χ0n) is 10.7. The second-order valence-corrected chi connectivity index (χ2v) is 7.59. The van der Waals surface area contributed by atoms with Gasteiger partial charge in [0.1, 0.15) is 0 Å². The molecule has 0 spiro atoms. The fraction of sp³-hybridized carbons (Fsp3) is 0.917. The number of nitrogens with zero attached hydrogens (tertiary/aromatic N) is 1. The highest BCUT2D eigenvalue weighted by molar-refractivity contribution is 7.91. The quantitative estimate of drug-likeness (QED) is 0.796. The van der Waals surface area contributed by atoms with Crippen LogP contribution in [-0.4, -0.2) is 56.4 Å². The van der Waals surface area contributed by atoms with E-state index in [2.05, 4.69) is 10.2 Å². The van der Waals surface area contributed by atoms with Crippen molar-refractivity contribution in [3.63, 3.8) is 0 Å². The molecule has 2 rings (SSSR count). The van der Waals surface area contributed by atoms with Gasteiger partial charge in [0.15, 0.2) is 9.84 Å². The van der Waals surface area contributed by atoms with E-state index in [1.807, 2.05) is 0 Å². The van der Waals surface area contributed by atoms with E-state index in [1.54, 1.807) is 0 Å². The van der Waals surface area contributed by atoms with E-state index in [1.165, 1.54) is 12.8 Å². The van der Waals surface area contributed by atoms with Crippen molar-refractivity contribution in [2.75, 3.05) is 31.1 Å². The van der Waals surface area contributed by atoms with Crippen LogP contribution in [0.2, 0.25) is 0 Å². The Morgan fingerprint density at radius 1 is 1.17 bits per heavy atom. The maximum absolute atomic E-state index is 11.8. The summed E-state index contributed by atoms with van der Waals surface area (Å²) in [5.41, 5.74) is 0. The van der Waals surface area contributed by atoms with E-state index < -0.39 is 9.84 Å². The number of amides is 1. The maximum atomic E-state index is 11.8. The summed E-state index contributed by atoms with van der Waals surface area (Å²) in [6, 6.07) is -0.172. The lowest BCUT2D eigenvalue weighted by Crippen LogP contribution is -2.42. The Balaban J connectivity index is 1.75. The van der Waals surface area contributed by atoms with Gasteiger partial charge in [-0.2, -0.15) is 0 Å². The van der Waals surface area contributed by atoms with E-state index >= 15 is 0 Å². The molecule has 0 aromatic rings. The Bertz CT molecular complexity index is 386. The number of likely N-dealkylation sites (tertiary alicyclic amines) is 1. The highest BCUT2D eigenvalue weighted by Crippen LogP contribution is 2.12. The SMILES string of the molecule is O=C(CN1CCCCCC1)N[C@@H]1CCS(=O)(=O)C1. The summed E-state index contributed by atoms with van der Waals surface area (Å²) in [7, 11) is -2.91. The summed E-state index contributed by atoms with van der Waals surface area (Å²) in [6.45, 7) is 2.38. The summed E-state index contributed by atoms with van der Waals surface area (Å²) in [4.78, 5) is 14.0. The average molecular weight is 274 g/mol. The number of nitrogens with one attached hydrogen (secondary N) is 1. The van der Waals surface area contributed by atoms with E-state index in [0.717, 1.165) is 25.9 Å². The third-order valence-corrected chi connectivity index (χ3v) is 5.43. The molecule has 18 heavy (non-hydrogen) atoms. The minimum Gasteiger partial charge on any atom is -0.351 e. The topological polar surface area (TPSA) is 66.5 Å². The van der Waals surface area contributed by atoms with E-state index in [9.17, 15) is 13.2 Å². The average Bonchev–Trinajstić information content (AvgIpc) is 2.52. The monoisotopic (exact) mass is 274 g/mol. The molecule has 0 radical (unpaired) electrons. The summed E-state index contributed by atoms with van der Waals surface area (Å²) < 4.78 is 22.6. The Hall–Kier alpha value is -0.620. The number of carbonyl (C=O) groups is 1. The van der Waals surface area contributed by atoms with Gasteiger partial charge >= 0.3 is 0 Å². The van der Waals surface area contributed by atoms with Crippen LogP contribution >= 0.6 is 0 Å². The first kappa shape index (κ1) is 13.8. The molecule has 5 nitrogen and oxygen atoms in total. The lowest BCUT2D eigenvalue weighted by atomic mass is 10.2. The van der Waals surface area contributed by atoms with E-state index in [-0.39, 0.29) is 23.5 Å². The highest BCUT2D eigenvalue weighted by Gasteiger charge is 2.29. The van der Waals surface area contributed by atoms with Crippen LogP contribution in [-0.2, 0) is 14.6 Å². The van der Waals surface area contributed by atoms with Gasteiger partial charge in [-0.05, 0) is 32.4 Å². The van der Waals surface area contributed by atoms with Crippen LogP contribution in [0.15, 0.2) is 0 Å². The van der Waals surface area contributed by atoms with Gasteiger partial charge in [0.2, 0.25) is 5.91 Å². The lowest BCUT2D eigenvalue weighted by Gasteiger charge is -2.20. The van der Waals surface area contributed by atoms with Gasteiger partial charge in [-0.1, -0.05) is 12.8 Å². The van der Waals surface area contributed by atoms with E-state index in [0.29, 0.717) is 13.0 Å². The number of hydrogen-bond donors (Lipinski definition) is 1. The van der Waals surface area contributed by atoms with Crippen molar-refractivity contribution in [3.8, 4) is 0 Å². The summed E-state index contributed by atoms with van der Waals surface area (Å²) in [5, 5.41) is 2.84. The van der Waals surface area contributed by atoms with Crippen molar-refractivity contribution in [2.24, 2.45) is 0 Å². The fourth-order valence-corrected chi connectivity index (χ4v) is 4.35. The number of sulfone groups is 1. The first-order valence-corrected chi connectivity index (χ1v) is 8.59. The minimum absolute atomic E-state index is 0.0287. The zero-order chi connectivity index (χ0) is 13.0. The molecule has 1 atom stereocenters. The van der Waals surface area contributed by atoms with Gasteiger partial charge < -0.3 is 5.32 Å². The molecule has 6 heteroatoms. The smallest absolute Gasteiger partial charge is 0.234 e. The molecule has 2 heterocycles. The Labute approximate surface area is 109 Å². The van der Waals surface area contributed by atoms with Gasteiger partial charge in [-0.15, -0.1) is 0 Å². The number of carbonyl (C=O) groups excluding carboxylic acids is 1. The number of rotatable bonds is 3. The van der Waals surface area contributed by atoms with Crippen LogP contribution in [0.25, 0.3) is 0 Å². The van der Waals surface area contributed by atoms with Crippen molar-refractivity contribution >= 4 is 15.7 Å². The zero-order valence-corrected chi connectivity index (χ0v) is 11.5. The predicted octanol–water partition coefficient (Wildman–Crippen LogP) is 0.166. The van der Waals surface area contributed by atoms with Crippen molar-refractivity contribution in [2.45, 2.75) is 38.1 Å². The second kappa shape index (κ2) is 6.02. The predicted molar refractivity (Wildman–Crippen MR) is 70.1 cm³/mol. The molecule has 0 aromatic carbocycles. The third kappa shape index (κ3) is 4.24. The Morgan fingerprint density at radius 3 is 2.39 bits per heavy atom. The largest absolute Gasteiger partial charge is 0.351 e. The molecule has 0 bridgehead atoms. The Kier molecular flexibility index (Phi) is 4.61. The van der Waals surface area contributed by atoms with Crippen molar-refractivity contribution in [1.29, 1.82) is 0 Å². The van der Waals surface area contributed by atoms with Crippen LogP contribution in [0.3, 0.4) is 0 Å². The molecule has 2 fully saturated rings. The molecule has 0 aliphatic carbocycles. The molecule has 1 amide bonds. The molecule has 0 aromatic heterocycles. The Morgan fingerprint density at radius 2 is 1.83 bits per heavy atom. The second-order valence-electron chi connectivity index (χ2n) is 5.36. The molecule has 2 saturated heterocycles. The van der Waals surface area contributed by atoms with Crippen LogP contribution < -0.4 is 5.32 Å². The molecule has 2 aliphatic heterocycles. The molecule has 2 aliphatic rings. The van der Waals surface area contributed by atoms with Crippen LogP contribution in [0, 0.1) is 0 Å². The summed E-state index contributed by atoms with van der Waals surface area (Å²) in [6.07, 6.45) is 5.38. The maximum Gasteiger partial charge on any atom is 0.234 e. The molecule has 0 unspecified atom stereocenters. The van der Waals surface area contributed by atoms with E-state index in [4.69, 9.17) is 0 Å². The molecule has 0 saturated carbocycles. The summed E-state index contributed by atoms with van der Waals surface area (Å²) >= 11 is 0. The first-order chi connectivity index (χ1) is 8.55. The molecular formula is C12H22N2O3S. The van der Waals surface area contributed by atoms with Gasteiger partial charge in [-0.25, -0.2) is 8.42 Å². The fourth-order valence-electron chi connectivity index (χ4n) is 2.68. The van der Waals surface area contributed by atoms with Gasteiger partial charge in [-0.3, -0.25) is 9.69 Å². The van der Waals surface area contributed by atoms with Crippen LogP contribution in [0.1, 0.15) is 32.1 Å². The highest BCUT2D eigenvalue weighted by atomic mass is 32.2. The van der Waals surface area contributed by atoms with Gasteiger partial charge in [0, 0.05) is 6.04 Å². The summed E-state index contributed by atoms with van der Waals surface area (Å²) in [5.74, 6) is 0.291. The van der Waals surface area contributed by atoms with Crippen molar-refractivity contribution < 1.29 is 13.2 Å². The molecular weight excluding hydrogens is 252 g/mol. The van der Waals surface area contributed by atoms with Crippen molar-refractivity contribution in [3.05, 3.63) is 0 Å². The van der Waals surface area contributed by atoms with Crippen LogP contribution in [0.4, 0.5) is 0 Å². The minimum atomic E-state index is -2.91. The van der Waals surface area contributed by atoms with Crippen LogP contribution in [0.5, 0.6) is 0 Å². The van der Waals surface area contributed by atoms with Gasteiger partial charge in [0.05, 0.1) is 18.1 Å².